The van der Waals surface area contributed by atoms with E-state index in [1.807, 2.05) is 0 Å². The van der Waals surface area contributed by atoms with E-state index in [4.69, 9.17) is 16.3 Å². The van der Waals surface area contributed by atoms with Crippen LogP contribution in [0.1, 0.15) is 12.6 Å². The van der Waals surface area contributed by atoms with Gasteiger partial charge in [0.05, 0.1) is 19.0 Å². The number of rotatable bonds is 4. The molecule has 6 heteroatoms. The topological polar surface area (TPSA) is 51.2 Å². The van der Waals surface area contributed by atoms with Gasteiger partial charge in [0.1, 0.15) is 5.82 Å². The largest absolute Gasteiger partial charge is 0.467 e. The van der Waals surface area contributed by atoms with Gasteiger partial charge in [-0.15, -0.1) is 0 Å². The zero-order chi connectivity index (χ0) is 15.5. The van der Waals surface area contributed by atoms with Crippen LogP contribution in [0.4, 0.5) is 10.1 Å². The maximum absolute atomic E-state index is 13.0. The number of methoxy groups -OCH3 is 1. The summed E-state index contributed by atoms with van der Waals surface area (Å²) in [5.41, 5.74) is -0.222. The molecule has 1 unspecified atom stereocenters. The summed E-state index contributed by atoms with van der Waals surface area (Å²) in [6.45, 7) is 1.62. The molecule has 1 N–H and O–H groups in total. The first-order valence-electron chi connectivity index (χ1n) is 6.20. The molecule has 0 bridgehead atoms. The van der Waals surface area contributed by atoms with Crippen molar-refractivity contribution in [3.05, 3.63) is 59.1 Å². The van der Waals surface area contributed by atoms with Gasteiger partial charge in [0, 0.05) is 10.7 Å². The number of nitrogens with one attached hydrogen (secondary N) is 1. The van der Waals surface area contributed by atoms with Crippen molar-refractivity contribution in [1.82, 2.24) is 4.98 Å². The molecule has 2 rings (SSSR count). The highest BCUT2D eigenvalue weighted by atomic mass is 35.5. The van der Waals surface area contributed by atoms with Gasteiger partial charge in [0.25, 0.3) is 0 Å². The van der Waals surface area contributed by atoms with Crippen molar-refractivity contribution in [2.24, 2.45) is 0 Å². The lowest BCUT2D eigenvalue weighted by atomic mass is 9.96. The normalized spacial score (nSPS) is 13.3. The van der Waals surface area contributed by atoms with Gasteiger partial charge in [0.2, 0.25) is 0 Å². The Kier molecular flexibility index (Phi) is 4.43. The highest BCUT2D eigenvalue weighted by Crippen LogP contribution is 2.27. The number of anilines is 1. The number of benzene rings is 1. The standard InChI is InChI=1S/C15H14ClFN2O2/c1-15(14(20)21-2,13-8-5-11(17)9-18-13)19-12-6-3-10(16)4-7-12/h3-9,19H,1-2H3. The molecule has 0 saturated carbocycles. The molecule has 0 fully saturated rings. The van der Waals surface area contributed by atoms with E-state index < -0.39 is 17.3 Å². The van der Waals surface area contributed by atoms with Gasteiger partial charge < -0.3 is 10.1 Å². The number of halogens is 2. The van der Waals surface area contributed by atoms with Crippen molar-refractivity contribution in [3.63, 3.8) is 0 Å². The van der Waals surface area contributed by atoms with Crippen LogP contribution in [0, 0.1) is 5.82 Å². The number of hydrogen-bond donors (Lipinski definition) is 1. The molecule has 1 heterocycles. The van der Waals surface area contributed by atoms with Gasteiger partial charge >= 0.3 is 5.97 Å². The lowest BCUT2D eigenvalue weighted by molar-refractivity contribution is -0.145. The fraction of sp³-hybridized carbons (Fsp3) is 0.200. The number of carbonyl (C=O) groups excluding carboxylic acids is 1. The molecule has 0 spiro atoms. The molecule has 0 radical (unpaired) electrons. The molecule has 0 amide bonds. The van der Waals surface area contributed by atoms with Gasteiger partial charge in [-0.25, -0.2) is 9.18 Å². The van der Waals surface area contributed by atoms with Crippen LogP contribution < -0.4 is 5.32 Å². The van der Waals surface area contributed by atoms with E-state index in [9.17, 15) is 9.18 Å². The molecule has 0 aliphatic carbocycles. The van der Waals surface area contributed by atoms with Gasteiger partial charge in [-0.2, -0.15) is 0 Å². The average Bonchev–Trinajstić information content (AvgIpc) is 2.49. The van der Waals surface area contributed by atoms with Gasteiger partial charge in [-0.05, 0) is 43.3 Å². The van der Waals surface area contributed by atoms with E-state index in [1.54, 1.807) is 31.2 Å². The van der Waals surface area contributed by atoms with Crippen LogP contribution in [-0.2, 0) is 15.1 Å². The smallest absolute Gasteiger partial charge is 0.337 e. The highest BCUT2D eigenvalue weighted by Gasteiger charge is 2.38. The van der Waals surface area contributed by atoms with Gasteiger partial charge in [-0.1, -0.05) is 11.6 Å². The van der Waals surface area contributed by atoms with Crippen molar-refractivity contribution >= 4 is 23.3 Å². The summed E-state index contributed by atoms with van der Waals surface area (Å²) in [5.74, 6) is -1.01. The van der Waals surface area contributed by atoms with Crippen molar-refractivity contribution in [3.8, 4) is 0 Å². The second-order valence-electron chi connectivity index (χ2n) is 4.61. The summed E-state index contributed by atoms with van der Waals surface area (Å²) in [6.07, 6.45) is 1.06. The molecule has 2 aromatic rings. The number of aromatic nitrogens is 1. The van der Waals surface area contributed by atoms with Crippen LogP contribution in [0.3, 0.4) is 0 Å². The Bertz CT molecular complexity index is 631. The van der Waals surface area contributed by atoms with E-state index in [2.05, 4.69) is 10.3 Å². The molecular formula is C15H14ClFN2O2. The molecule has 21 heavy (non-hydrogen) atoms. The summed E-state index contributed by atoms with van der Waals surface area (Å²) >= 11 is 5.83. The average molecular weight is 309 g/mol. The summed E-state index contributed by atoms with van der Waals surface area (Å²) in [6, 6.07) is 9.53. The van der Waals surface area contributed by atoms with E-state index in [-0.39, 0.29) is 0 Å². The number of esters is 1. The lowest BCUT2D eigenvalue weighted by Gasteiger charge is -2.28. The van der Waals surface area contributed by atoms with Crippen molar-refractivity contribution in [2.45, 2.75) is 12.5 Å². The van der Waals surface area contributed by atoms with Crippen molar-refractivity contribution in [2.75, 3.05) is 12.4 Å². The van der Waals surface area contributed by atoms with Crippen LogP contribution >= 0.6 is 11.6 Å². The summed E-state index contributed by atoms with van der Waals surface area (Å²) in [5, 5.41) is 3.63. The number of pyridine rings is 1. The molecule has 0 aliphatic rings. The quantitative estimate of drug-likeness (QED) is 0.880. The van der Waals surface area contributed by atoms with E-state index >= 15 is 0 Å². The highest BCUT2D eigenvalue weighted by molar-refractivity contribution is 6.30. The molecule has 4 nitrogen and oxygen atoms in total. The van der Waals surface area contributed by atoms with E-state index in [0.717, 1.165) is 6.20 Å². The Morgan fingerprint density at radius 3 is 2.48 bits per heavy atom. The first-order chi connectivity index (χ1) is 9.95. The zero-order valence-electron chi connectivity index (χ0n) is 11.6. The number of nitrogens with zero attached hydrogens (tertiary/aromatic N) is 1. The molecule has 1 aromatic carbocycles. The molecule has 0 saturated heterocycles. The minimum atomic E-state index is -1.24. The summed E-state index contributed by atoms with van der Waals surface area (Å²) < 4.78 is 17.9. The second kappa shape index (κ2) is 6.10. The Balaban J connectivity index is 2.39. The third-order valence-corrected chi connectivity index (χ3v) is 3.32. The van der Waals surface area contributed by atoms with Gasteiger partial charge in [0.15, 0.2) is 5.54 Å². The number of ether oxygens (including phenoxy) is 1. The Morgan fingerprint density at radius 2 is 1.95 bits per heavy atom. The Hall–Kier alpha value is -2.14. The lowest BCUT2D eigenvalue weighted by Crippen LogP contribution is -2.42. The Morgan fingerprint density at radius 1 is 1.29 bits per heavy atom. The molecule has 0 aliphatic heterocycles. The summed E-state index contributed by atoms with van der Waals surface area (Å²) in [4.78, 5) is 16.1. The summed E-state index contributed by atoms with van der Waals surface area (Å²) in [7, 11) is 1.29. The third kappa shape index (κ3) is 3.31. The van der Waals surface area contributed by atoms with Crippen LogP contribution in [0.25, 0.3) is 0 Å². The van der Waals surface area contributed by atoms with E-state index in [0.29, 0.717) is 16.4 Å². The maximum Gasteiger partial charge on any atom is 0.337 e. The predicted octanol–water partition coefficient (Wildman–Crippen LogP) is 3.37. The van der Waals surface area contributed by atoms with Crippen molar-refractivity contribution < 1.29 is 13.9 Å². The minimum absolute atomic E-state index is 0.353. The van der Waals surface area contributed by atoms with Crippen LogP contribution in [0.5, 0.6) is 0 Å². The Labute approximate surface area is 126 Å². The van der Waals surface area contributed by atoms with Crippen LogP contribution in [0.15, 0.2) is 42.6 Å². The molecule has 1 atom stereocenters. The van der Waals surface area contributed by atoms with Gasteiger partial charge in [-0.3, -0.25) is 4.98 Å². The first-order valence-corrected chi connectivity index (χ1v) is 6.57. The minimum Gasteiger partial charge on any atom is -0.467 e. The zero-order valence-corrected chi connectivity index (χ0v) is 12.3. The fourth-order valence-corrected chi connectivity index (χ4v) is 2.04. The van der Waals surface area contributed by atoms with Crippen molar-refractivity contribution in [1.29, 1.82) is 0 Å². The molecular weight excluding hydrogens is 295 g/mol. The van der Waals surface area contributed by atoms with Crippen LogP contribution in [0.2, 0.25) is 5.02 Å². The fourth-order valence-electron chi connectivity index (χ4n) is 1.92. The molecule has 1 aromatic heterocycles. The maximum atomic E-state index is 13.0. The SMILES string of the molecule is COC(=O)C(C)(Nc1ccc(Cl)cc1)c1ccc(F)cn1. The first kappa shape index (κ1) is 15.3. The number of hydrogen-bond acceptors (Lipinski definition) is 4. The number of carbonyl (C=O) groups is 1. The van der Waals surface area contributed by atoms with E-state index in [1.165, 1.54) is 19.2 Å². The monoisotopic (exact) mass is 308 g/mol. The molecule has 110 valence electrons. The third-order valence-electron chi connectivity index (χ3n) is 3.07. The second-order valence-corrected chi connectivity index (χ2v) is 5.05. The predicted molar refractivity (Wildman–Crippen MR) is 78.6 cm³/mol. The van der Waals surface area contributed by atoms with Crippen LogP contribution in [-0.4, -0.2) is 18.1 Å².